The van der Waals surface area contributed by atoms with Gasteiger partial charge in [-0.15, -0.1) is 0 Å². The molecule has 0 amide bonds. The number of fused-ring (bicyclic) bond motifs is 1. The zero-order chi connectivity index (χ0) is 18.6. The molecule has 0 aliphatic rings. The van der Waals surface area contributed by atoms with Crippen LogP contribution >= 0.6 is 22.7 Å². The molecule has 26 heavy (non-hydrogen) atoms. The smallest absolute Gasteiger partial charge is 0.161 e. The number of halogens is 6. The van der Waals surface area contributed by atoms with Gasteiger partial charge in [0.2, 0.25) is 0 Å². The number of hydrogen-bond donors (Lipinski definition) is 0. The Kier molecular flexibility index (Phi) is 3.96. The summed E-state index contributed by atoms with van der Waals surface area (Å²) < 4.78 is 80.4. The van der Waals surface area contributed by atoms with E-state index in [1.165, 1.54) is 0 Å². The molecular formula is C16H4F6N2S2. The Hall–Kier alpha value is -2.46. The fourth-order valence-electron chi connectivity index (χ4n) is 2.25. The minimum atomic E-state index is -1.32. The Bertz CT molecular complexity index is 1050. The molecule has 132 valence electrons. The zero-order valence-corrected chi connectivity index (χ0v) is 13.9. The van der Waals surface area contributed by atoms with Crippen LogP contribution in [0, 0.1) is 34.9 Å². The third-order valence-corrected chi connectivity index (χ3v) is 5.55. The van der Waals surface area contributed by atoms with E-state index in [0.29, 0.717) is 24.3 Å². The van der Waals surface area contributed by atoms with Gasteiger partial charge in [-0.05, 0) is 12.1 Å². The second-order valence-electron chi connectivity index (χ2n) is 5.14. The Labute approximate surface area is 149 Å². The van der Waals surface area contributed by atoms with Crippen molar-refractivity contribution < 1.29 is 26.3 Å². The highest BCUT2D eigenvalue weighted by Gasteiger charge is 2.20. The Morgan fingerprint density at radius 1 is 0.500 bits per heavy atom. The molecule has 0 aliphatic heterocycles. The van der Waals surface area contributed by atoms with Crippen molar-refractivity contribution in [2.75, 3.05) is 0 Å². The molecular weight excluding hydrogens is 398 g/mol. The number of aromatic nitrogens is 2. The summed E-state index contributed by atoms with van der Waals surface area (Å²) in [5.41, 5.74) is -0.473. The van der Waals surface area contributed by atoms with Gasteiger partial charge in [0.25, 0.3) is 0 Å². The van der Waals surface area contributed by atoms with Crippen LogP contribution in [0.25, 0.3) is 30.8 Å². The first-order valence-corrected chi connectivity index (χ1v) is 8.54. The van der Waals surface area contributed by atoms with Crippen molar-refractivity contribution in [1.82, 2.24) is 9.97 Å². The number of nitrogens with zero attached hydrogens (tertiary/aromatic N) is 2. The zero-order valence-electron chi connectivity index (χ0n) is 12.3. The van der Waals surface area contributed by atoms with Crippen LogP contribution in [0.1, 0.15) is 0 Å². The highest BCUT2D eigenvalue weighted by atomic mass is 32.1. The minimum absolute atomic E-state index is 0.0625. The van der Waals surface area contributed by atoms with Crippen molar-refractivity contribution in [3.8, 4) is 21.1 Å². The molecule has 0 spiro atoms. The number of thiazole rings is 2. The van der Waals surface area contributed by atoms with Crippen molar-refractivity contribution in [3.05, 3.63) is 59.2 Å². The van der Waals surface area contributed by atoms with Crippen LogP contribution in [0.4, 0.5) is 26.3 Å². The van der Waals surface area contributed by atoms with Crippen LogP contribution in [0.2, 0.25) is 0 Å². The number of rotatable bonds is 2. The van der Waals surface area contributed by atoms with Gasteiger partial charge in [-0.25, -0.2) is 36.3 Å². The highest BCUT2D eigenvalue weighted by molar-refractivity contribution is 7.29. The van der Waals surface area contributed by atoms with E-state index in [1.807, 2.05) is 0 Å². The summed E-state index contributed by atoms with van der Waals surface area (Å²) in [7, 11) is 0. The van der Waals surface area contributed by atoms with Crippen LogP contribution in [0.3, 0.4) is 0 Å². The topological polar surface area (TPSA) is 25.8 Å². The molecule has 0 atom stereocenters. The Morgan fingerprint density at radius 2 is 0.846 bits per heavy atom. The monoisotopic (exact) mass is 402 g/mol. The lowest BCUT2D eigenvalue weighted by molar-refractivity contribution is 0.496. The van der Waals surface area contributed by atoms with Crippen molar-refractivity contribution in [1.29, 1.82) is 0 Å². The van der Waals surface area contributed by atoms with Crippen molar-refractivity contribution in [3.63, 3.8) is 0 Å². The van der Waals surface area contributed by atoms with E-state index in [-0.39, 0.29) is 30.8 Å². The standard InChI is InChI=1S/C16H4F6N2S2/c17-7-3-11(21)9(19)1-5(7)13-23-15-16(25-13)24-14(26-15)6-2-10(20)12(22)4-8(6)18/h1-4H. The van der Waals surface area contributed by atoms with Crippen LogP contribution in [0.15, 0.2) is 24.3 Å². The molecule has 0 aliphatic carbocycles. The lowest BCUT2D eigenvalue weighted by atomic mass is 10.2. The third-order valence-electron chi connectivity index (χ3n) is 3.46. The summed E-state index contributed by atoms with van der Waals surface area (Å²) >= 11 is 1.75. The average molecular weight is 402 g/mol. The molecule has 2 heterocycles. The molecule has 2 nitrogen and oxygen atoms in total. The van der Waals surface area contributed by atoms with E-state index in [0.717, 1.165) is 22.7 Å². The predicted molar refractivity (Wildman–Crippen MR) is 85.9 cm³/mol. The highest BCUT2D eigenvalue weighted by Crippen LogP contribution is 2.38. The Morgan fingerprint density at radius 3 is 1.23 bits per heavy atom. The van der Waals surface area contributed by atoms with E-state index in [4.69, 9.17) is 0 Å². The summed E-state index contributed by atoms with van der Waals surface area (Å²) in [5.74, 6) is -7.07. The first-order chi connectivity index (χ1) is 12.3. The molecule has 10 heteroatoms. The van der Waals surface area contributed by atoms with Crippen molar-refractivity contribution >= 4 is 32.3 Å². The molecule has 0 radical (unpaired) electrons. The van der Waals surface area contributed by atoms with Gasteiger partial charge in [0.05, 0.1) is 0 Å². The summed E-state index contributed by atoms with van der Waals surface area (Å²) in [6.45, 7) is 0. The average Bonchev–Trinajstić information content (AvgIpc) is 3.13. The van der Waals surface area contributed by atoms with Crippen LogP contribution in [-0.4, -0.2) is 9.97 Å². The van der Waals surface area contributed by atoms with Gasteiger partial charge in [0.1, 0.15) is 21.6 Å². The molecule has 0 bridgehead atoms. The van der Waals surface area contributed by atoms with Crippen LogP contribution < -0.4 is 0 Å². The summed E-state index contributed by atoms with van der Waals surface area (Å²) in [6.07, 6.45) is 0. The van der Waals surface area contributed by atoms with Gasteiger partial charge in [-0.3, -0.25) is 0 Å². The normalized spacial score (nSPS) is 11.5. The number of benzene rings is 2. The van der Waals surface area contributed by atoms with Gasteiger partial charge in [0, 0.05) is 23.3 Å². The van der Waals surface area contributed by atoms with Gasteiger partial charge < -0.3 is 0 Å². The molecule has 0 fully saturated rings. The summed E-state index contributed by atoms with van der Waals surface area (Å²) in [5, 5.41) is 0.125. The lowest BCUT2D eigenvalue weighted by Gasteiger charge is -2.01. The lowest BCUT2D eigenvalue weighted by Crippen LogP contribution is -1.91. The maximum atomic E-state index is 13.8. The second-order valence-corrected chi connectivity index (χ2v) is 7.10. The fourth-order valence-corrected chi connectivity index (χ4v) is 4.32. The minimum Gasteiger partial charge on any atom is -0.223 e. The molecule has 2 aromatic heterocycles. The van der Waals surface area contributed by atoms with Crippen molar-refractivity contribution in [2.24, 2.45) is 0 Å². The maximum Gasteiger partial charge on any atom is 0.161 e. The predicted octanol–water partition coefficient (Wildman–Crippen LogP) is 5.92. The van der Waals surface area contributed by atoms with E-state index in [2.05, 4.69) is 9.97 Å². The van der Waals surface area contributed by atoms with Crippen molar-refractivity contribution in [2.45, 2.75) is 0 Å². The molecule has 4 aromatic rings. The largest absolute Gasteiger partial charge is 0.223 e. The SMILES string of the molecule is Fc1cc(F)c(-c2nc3sc(-c4cc(F)c(F)cc4F)nc3s2)cc1F. The fraction of sp³-hybridized carbons (Fsp3) is 0. The third kappa shape index (κ3) is 2.74. The van der Waals surface area contributed by atoms with Gasteiger partial charge in [-0.1, -0.05) is 22.7 Å². The quantitative estimate of drug-likeness (QED) is 0.307. The first-order valence-electron chi connectivity index (χ1n) is 6.90. The van der Waals surface area contributed by atoms with E-state index in [1.54, 1.807) is 0 Å². The second kappa shape index (κ2) is 6.06. The first kappa shape index (κ1) is 17.0. The van der Waals surface area contributed by atoms with Gasteiger partial charge >= 0.3 is 0 Å². The number of hydrogen-bond acceptors (Lipinski definition) is 4. The maximum absolute atomic E-state index is 13.8. The van der Waals surface area contributed by atoms with E-state index >= 15 is 0 Å². The summed E-state index contributed by atoms with van der Waals surface area (Å²) in [6, 6.07) is 2.19. The molecule has 0 saturated carbocycles. The van der Waals surface area contributed by atoms with Crippen LogP contribution in [-0.2, 0) is 0 Å². The molecule has 0 saturated heterocycles. The van der Waals surface area contributed by atoms with E-state index in [9.17, 15) is 26.3 Å². The van der Waals surface area contributed by atoms with Gasteiger partial charge in [0.15, 0.2) is 32.9 Å². The Balaban J connectivity index is 1.80. The molecule has 0 N–H and O–H groups in total. The molecule has 4 rings (SSSR count). The van der Waals surface area contributed by atoms with E-state index < -0.39 is 34.9 Å². The molecule has 0 unspecified atom stereocenters. The molecule has 2 aromatic carbocycles. The van der Waals surface area contributed by atoms with Gasteiger partial charge in [-0.2, -0.15) is 0 Å². The summed E-state index contributed by atoms with van der Waals surface area (Å²) in [4.78, 5) is 8.71. The van der Waals surface area contributed by atoms with Crippen LogP contribution in [0.5, 0.6) is 0 Å².